The Balaban J connectivity index is 2.03. The van der Waals surface area contributed by atoms with Crippen LogP contribution in [0.25, 0.3) is 5.76 Å². The molecule has 1 amide bonds. The predicted octanol–water partition coefficient (Wildman–Crippen LogP) is 4.64. The molecular formula is C28H36N2O5. The minimum Gasteiger partial charge on any atom is -0.507 e. The highest BCUT2D eigenvalue weighted by Gasteiger charge is 2.45. The number of nitrogens with zero attached hydrogens (tertiary/aromatic N) is 2. The number of amides is 1. The zero-order chi connectivity index (χ0) is 25.4. The molecule has 0 aromatic heterocycles. The molecule has 0 aliphatic carbocycles. The number of hydrogen-bond donors (Lipinski definition) is 1. The second-order valence-electron chi connectivity index (χ2n) is 8.34. The second-order valence-corrected chi connectivity index (χ2v) is 8.34. The molecule has 0 radical (unpaired) electrons. The van der Waals surface area contributed by atoms with E-state index in [2.05, 4.69) is 18.7 Å². The third-order valence-electron chi connectivity index (χ3n) is 6.23. The number of likely N-dealkylation sites (tertiary alicyclic amines) is 1. The summed E-state index contributed by atoms with van der Waals surface area (Å²) in [5, 5.41) is 11.2. The monoisotopic (exact) mass is 480 g/mol. The zero-order valence-electron chi connectivity index (χ0n) is 21.1. The maximum absolute atomic E-state index is 13.2. The van der Waals surface area contributed by atoms with E-state index in [0.29, 0.717) is 36.8 Å². The summed E-state index contributed by atoms with van der Waals surface area (Å²) in [6.07, 6.45) is 0.722. The highest BCUT2D eigenvalue weighted by Crippen LogP contribution is 2.40. The van der Waals surface area contributed by atoms with Gasteiger partial charge in [0.15, 0.2) is 0 Å². The van der Waals surface area contributed by atoms with Gasteiger partial charge in [-0.25, -0.2) is 0 Å². The molecular weight excluding hydrogens is 444 g/mol. The largest absolute Gasteiger partial charge is 0.507 e. The first-order valence-corrected chi connectivity index (χ1v) is 12.4. The van der Waals surface area contributed by atoms with Crippen molar-refractivity contribution in [3.8, 4) is 11.5 Å². The maximum Gasteiger partial charge on any atom is 0.295 e. The lowest BCUT2D eigenvalue weighted by molar-refractivity contribution is -0.140. The smallest absolute Gasteiger partial charge is 0.295 e. The van der Waals surface area contributed by atoms with Crippen molar-refractivity contribution in [2.45, 2.75) is 40.2 Å². The van der Waals surface area contributed by atoms with E-state index >= 15 is 0 Å². The van der Waals surface area contributed by atoms with Crippen molar-refractivity contribution in [3.63, 3.8) is 0 Å². The van der Waals surface area contributed by atoms with Gasteiger partial charge in [0.2, 0.25) is 0 Å². The number of rotatable bonds is 12. The van der Waals surface area contributed by atoms with E-state index in [1.54, 1.807) is 29.2 Å². The van der Waals surface area contributed by atoms with Crippen LogP contribution in [0.15, 0.2) is 54.1 Å². The van der Waals surface area contributed by atoms with Crippen molar-refractivity contribution in [1.82, 2.24) is 9.80 Å². The average Bonchev–Trinajstić information content (AvgIpc) is 3.12. The molecule has 1 unspecified atom stereocenters. The lowest BCUT2D eigenvalue weighted by Crippen LogP contribution is -2.33. The van der Waals surface area contributed by atoms with Gasteiger partial charge in [0, 0.05) is 12.1 Å². The predicted molar refractivity (Wildman–Crippen MR) is 137 cm³/mol. The summed E-state index contributed by atoms with van der Waals surface area (Å²) in [7, 11) is 0. The number of ketones is 1. The number of carbonyl (C=O) groups excluding carboxylic acids is 2. The van der Waals surface area contributed by atoms with Crippen molar-refractivity contribution in [3.05, 3.63) is 65.2 Å². The first kappa shape index (κ1) is 26.3. The number of ether oxygens (including phenoxy) is 2. The van der Waals surface area contributed by atoms with Crippen molar-refractivity contribution in [2.75, 3.05) is 39.4 Å². The zero-order valence-corrected chi connectivity index (χ0v) is 21.1. The third-order valence-corrected chi connectivity index (χ3v) is 6.23. The van der Waals surface area contributed by atoms with Crippen LogP contribution in [0.5, 0.6) is 11.5 Å². The number of benzene rings is 2. The number of hydrogen-bond acceptors (Lipinski definition) is 6. The van der Waals surface area contributed by atoms with Gasteiger partial charge in [-0.3, -0.25) is 9.59 Å². The van der Waals surface area contributed by atoms with Gasteiger partial charge < -0.3 is 24.4 Å². The summed E-state index contributed by atoms with van der Waals surface area (Å²) in [5.41, 5.74) is 1.28. The molecule has 1 N–H and O–H groups in total. The quantitative estimate of drug-likeness (QED) is 0.271. The Morgan fingerprint density at radius 1 is 0.943 bits per heavy atom. The van der Waals surface area contributed by atoms with Crippen molar-refractivity contribution >= 4 is 17.4 Å². The van der Waals surface area contributed by atoms with E-state index in [-0.39, 0.29) is 11.3 Å². The van der Waals surface area contributed by atoms with Crippen LogP contribution in [0.2, 0.25) is 0 Å². The third kappa shape index (κ3) is 6.03. The van der Waals surface area contributed by atoms with E-state index in [4.69, 9.17) is 9.47 Å². The van der Waals surface area contributed by atoms with Gasteiger partial charge in [0.1, 0.15) is 17.3 Å². The van der Waals surface area contributed by atoms with Crippen LogP contribution in [-0.4, -0.2) is 66.0 Å². The van der Waals surface area contributed by atoms with E-state index in [1.165, 1.54) is 0 Å². The lowest BCUT2D eigenvalue weighted by atomic mass is 9.95. The van der Waals surface area contributed by atoms with Gasteiger partial charge in [0.25, 0.3) is 11.7 Å². The van der Waals surface area contributed by atoms with Crippen LogP contribution in [0.4, 0.5) is 0 Å². The second kappa shape index (κ2) is 12.4. The van der Waals surface area contributed by atoms with Gasteiger partial charge in [-0.05, 0) is 81.9 Å². The van der Waals surface area contributed by atoms with Gasteiger partial charge in [-0.2, -0.15) is 0 Å². The lowest BCUT2D eigenvalue weighted by Gasteiger charge is -2.27. The Bertz CT molecular complexity index is 1040. The fourth-order valence-corrected chi connectivity index (χ4v) is 4.43. The summed E-state index contributed by atoms with van der Waals surface area (Å²) >= 11 is 0. The minimum atomic E-state index is -0.696. The van der Waals surface area contributed by atoms with E-state index in [0.717, 1.165) is 31.6 Å². The summed E-state index contributed by atoms with van der Waals surface area (Å²) in [6.45, 7) is 12.1. The Labute approximate surface area is 207 Å². The molecule has 2 aromatic carbocycles. The van der Waals surface area contributed by atoms with Crippen LogP contribution in [0.1, 0.15) is 51.3 Å². The SMILES string of the molecule is CCOc1ccc(/C(O)=C2\C(=O)C(=O)N(CCCN(CC)CC)C2c2cccc(OCC)c2)cc1. The van der Waals surface area contributed by atoms with Crippen LogP contribution in [0, 0.1) is 0 Å². The van der Waals surface area contributed by atoms with Crippen molar-refractivity contribution < 1.29 is 24.2 Å². The molecule has 188 valence electrons. The van der Waals surface area contributed by atoms with Crippen LogP contribution >= 0.6 is 0 Å². The van der Waals surface area contributed by atoms with Gasteiger partial charge >= 0.3 is 0 Å². The highest BCUT2D eigenvalue weighted by molar-refractivity contribution is 6.46. The normalized spacial score (nSPS) is 17.3. The molecule has 1 saturated heterocycles. The Morgan fingerprint density at radius 3 is 2.23 bits per heavy atom. The molecule has 2 aromatic rings. The first-order valence-electron chi connectivity index (χ1n) is 12.4. The number of aliphatic hydroxyl groups excluding tert-OH is 1. The molecule has 7 heteroatoms. The topological polar surface area (TPSA) is 79.3 Å². The number of carbonyl (C=O) groups is 2. The molecule has 1 aliphatic rings. The van der Waals surface area contributed by atoms with Crippen molar-refractivity contribution in [2.24, 2.45) is 0 Å². The molecule has 1 fully saturated rings. The molecule has 0 bridgehead atoms. The first-order chi connectivity index (χ1) is 16.9. The molecule has 0 spiro atoms. The average molecular weight is 481 g/mol. The summed E-state index contributed by atoms with van der Waals surface area (Å²) in [5.74, 6) is -0.138. The Morgan fingerprint density at radius 2 is 1.60 bits per heavy atom. The molecule has 7 nitrogen and oxygen atoms in total. The molecule has 0 saturated carbocycles. The Hall–Kier alpha value is -3.32. The number of aliphatic hydroxyl groups is 1. The molecule has 35 heavy (non-hydrogen) atoms. The van der Waals surface area contributed by atoms with Gasteiger partial charge in [0.05, 0.1) is 24.8 Å². The molecule has 1 atom stereocenters. The summed E-state index contributed by atoms with van der Waals surface area (Å²) in [6, 6.07) is 13.6. The summed E-state index contributed by atoms with van der Waals surface area (Å²) in [4.78, 5) is 30.3. The van der Waals surface area contributed by atoms with Crippen LogP contribution in [-0.2, 0) is 9.59 Å². The Kier molecular flexibility index (Phi) is 9.32. The highest BCUT2D eigenvalue weighted by atomic mass is 16.5. The van der Waals surface area contributed by atoms with E-state index < -0.39 is 17.7 Å². The van der Waals surface area contributed by atoms with E-state index in [1.807, 2.05) is 38.1 Å². The summed E-state index contributed by atoms with van der Waals surface area (Å²) < 4.78 is 11.2. The maximum atomic E-state index is 13.2. The minimum absolute atomic E-state index is 0.0932. The van der Waals surface area contributed by atoms with Crippen LogP contribution in [0.3, 0.4) is 0 Å². The fraction of sp³-hybridized carbons (Fsp3) is 0.429. The van der Waals surface area contributed by atoms with E-state index in [9.17, 15) is 14.7 Å². The van der Waals surface area contributed by atoms with Crippen LogP contribution < -0.4 is 9.47 Å². The molecule has 1 heterocycles. The number of Topliss-reactive ketones (excluding diaryl/α,β-unsaturated/α-hetero) is 1. The van der Waals surface area contributed by atoms with Gasteiger partial charge in [-0.1, -0.05) is 26.0 Å². The van der Waals surface area contributed by atoms with Gasteiger partial charge in [-0.15, -0.1) is 0 Å². The fourth-order valence-electron chi connectivity index (χ4n) is 4.43. The standard InChI is InChI=1S/C28H36N2O5/c1-5-29(6-2)17-10-18-30-25(21-11-9-12-23(19-21)35-8-4)24(27(32)28(30)33)26(31)20-13-15-22(16-14-20)34-7-3/h9,11-16,19,25,31H,5-8,10,17-18H2,1-4H3/b26-24+. The van der Waals surface area contributed by atoms with Crippen molar-refractivity contribution in [1.29, 1.82) is 0 Å². The molecule has 1 aliphatic heterocycles. The molecule has 3 rings (SSSR count).